The molecule has 2 rings (SSSR count). The van der Waals surface area contributed by atoms with Crippen LogP contribution in [-0.4, -0.2) is 6.03 Å². The Labute approximate surface area is 106 Å². The van der Waals surface area contributed by atoms with E-state index in [4.69, 9.17) is 17.2 Å². The number of primary amides is 1. The quantitative estimate of drug-likeness (QED) is 0.576. The standard InChI is InChI=1S/C7H9N3O.C6H7N/c8-5-2-1-3-6(4-5)10-7(9)11;7-6-4-2-1-3-5-6/h1-4H,8H2,(H3,9,10,11);1-5H,7H2. The van der Waals surface area contributed by atoms with Crippen LogP contribution in [0, 0.1) is 0 Å². The molecule has 0 aliphatic carbocycles. The number of nitrogens with two attached hydrogens (primary N) is 3. The zero-order valence-corrected chi connectivity index (χ0v) is 9.84. The molecule has 2 aromatic carbocycles. The summed E-state index contributed by atoms with van der Waals surface area (Å²) in [5.41, 5.74) is 17.7. The van der Waals surface area contributed by atoms with Gasteiger partial charge in [0.25, 0.3) is 0 Å². The van der Waals surface area contributed by atoms with Gasteiger partial charge in [-0.3, -0.25) is 0 Å². The van der Waals surface area contributed by atoms with Gasteiger partial charge in [0, 0.05) is 17.1 Å². The highest BCUT2D eigenvalue weighted by Gasteiger charge is 1.94. The van der Waals surface area contributed by atoms with E-state index >= 15 is 0 Å². The van der Waals surface area contributed by atoms with Gasteiger partial charge in [0.05, 0.1) is 0 Å². The Hall–Kier alpha value is -2.69. The summed E-state index contributed by atoms with van der Waals surface area (Å²) in [7, 11) is 0. The van der Waals surface area contributed by atoms with Crippen molar-refractivity contribution in [1.29, 1.82) is 0 Å². The van der Waals surface area contributed by atoms with Gasteiger partial charge < -0.3 is 22.5 Å². The van der Waals surface area contributed by atoms with Gasteiger partial charge in [0.1, 0.15) is 0 Å². The van der Waals surface area contributed by atoms with Gasteiger partial charge in [-0.25, -0.2) is 4.79 Å². The van der Waals surface area contributed by atoms with E-state index in [1.54, 1.807) is 24.3 Å². The first kappa shape index (κ1) is 13.4. The Morgan fingerprint density at radius 3 is 1.94 bits per heavy atom. The minimum atomic E-state index is -0.587. The van der Waals surface area contributed by atoms with E-state index in [9.17, 15) is 4.79 Å². The summed E-state index contributed by atoms with van der Waals surface area (Å²) in [6, 6.07) is 15.7. The number of para-hydroxylation sites is 1. The number of benzene rings is 2. The summed E-state index contributed by atoms with van der Waals surface area (Å²) < 4.78 is 0. The number of anilines is 3. The molecule has 2 amide bonds. The van der Waals surface area contributed by atoms with Gasteiger partial charge in [0.15, 0.2) is 0 Å². The molecule has 5 heteroatoms. The highest BCUT2D eigenvalue weighted by Crippen LogP contribution is 2.10. The van der Waals surface area contributed by atoms with Crippen molar-refractivity contribution >= 4 is 23.1 Å². The molecule has 0 spiro atoms. The lowest BCUT2D eigenvalue weighted by Crippen LogP contribution is -2.19. The molecule has 0 aromatic heterocycles. The molecule has 0 radical (unpaired) electrons. The van der Waals surface area contributed by atoms with E-state index in [1.807, 2.05) is 30.3 Å². The molecule has 5 nitrogen and oxygen atoms in total. The van der Waals surface area contributed by atoms with Crippen LogP contribution in [0.5, 0.6) is 0 Å². The molecule has 0 unspecified atom stereocenters. The first-order valence-corrected chi connectivity index (χ1v) is 5.30. The van der Waals surface area contributed by atoms with E-state index in [-0.39, 0.29) is 0 Å². The maximum absolute atomic E-state index is 10.4. The molecule has 0 heterocycles. The largest absolute Gasteiger partial charge is 0.399 e. The Balaban J connectivity index is 0.000000199. The van der Waals surface area contributed by atoms with Crippen LogP contribution in [0.25, 0.3) is 0 Å². The number of nitrogen functional groups attached to an aromatic ring is 2. The van der Waals surface area contributed by atoms with Crippen molar-refractivity contribution in [1.82, 2.24) is 0 Å². The number of rotatable bonds is 1. The molecule has 0 saturated heterocycles. The number of nitrogens with one attached hydrogen (secondary N) is 1. The third-order valence-corrected chi connectivity index (χ3v) is 1.95. The van der Waals surface area contributed by atoms with Crippen molar-refractivity contribution in [2.75, 3.05) is 16.8 Å². The van der Waals surface area contributed by atoms with Gasteiger partial charge >= 0.3 is 6.03 Å². The molecule has 7 N–H and O–H groups in total. The fourth-order valence-corrected chi connectivity index (χ4v) is 1.21. The minimum absolute atomic E-state index is 0.587. The molecular weight excluding hydrogens is 228 g/mol. The highest BCUT2D eigenvalue weighted by molar-refractivity contribution is 5.88. The zero-order chi connectivity index (χ0) is 13.4. The first-order chi connectivity index (χ1) is 8.58. The summed E-state index contributed by atoms with van der Waals surface area (Å²) >= 11 is 0. The highest BCUT2D eigenvalue weighted by atomic mass is 16.2. The van der Waals surface area contributed by atoms with Crippen molar-refractivity contribution in [2.45, 2.75) is 0 Å². The van der Waals surface area contributed by atoms with E-state index in [1.165, 1.54) is 0 Å². The molecular formula is C13H16N4O. The molecule has 0 fully saturated rings. The summed E-state index contributed by atoms with van der Waals surface area (Å²) in [6.45, 7) is 0. The number of hydrogen-bond donors (Lipinski definition) is 4. The van der Waals surface area contributed by atoms with Crippen molar-refractivity contribution < 1.29 is 4.79 Å². The van der Waals surface area contributed by atoms with Crippen LogP contribution >= 0.6 is 0 Å². The molecule has 0 bridgehead atoms. The van der Waals surface area contributed by atoms with Crippen LogP contribution in [0.4, 0.5) is 21.9 Å². The van der Waals surface area contributed by atoms with Gasteiger partial charge in [-0.1, -0.05) is 24.3 Å². The lowest BCUT2D eigenvalue weighted by Gasteiger charge is -2.00. The van der Waals surface area contributed by atoms with Crippen molar-refractivity contribution in [3.8, 4) is 0 Å². The van der Waals surface area contributed by atoms with Crippen LogP contribution in [-0.2, 0) is 0 Å². The molecule has 0 aliphatic rings. The number of urea groups is 1. The Morgan fingerprint density at radius 2 is 1.50 bits per heavy atom. The maximum Gasteiger partial charge on any atom is 0.316 e. The SMILES string of the molecule is NC(=O)Nc1cccc(N)c1.Nc1ccccc1. The molecule has 18 heavy (non-hydrogen) atoms. The van der Waals surface area contributed by atoms with E-state index in [0.717, 1.165) is 5.69 Å². The number of carbonyl (C=O) groups is 1. The predicted octanol–water partition coefficient (Wildman–Crippen LogP) is 2.03. The Kier molecular flexibility index (Phi) is 5.05. The summed E-state index contributed by atoms with van der Waals surface area (Å²) in [5.74, 6) is 0. The van der Waals surface area contributed by atoms with Crippen molar-refractivity contribution in [3.05, 3.63) is 54.6 Å². The molecule has 94 valence electrons. The molecule has 0 atom stereocenters. The second-order valence-corrected chi connectivity index (χ2v) is 3.53. The monoisotopic (exact) mass is 244 g/mol. The second kappa shape index (κ2) is 6.80. The normalized spacial score (nSPS) is 8.89. The Morgan fingerprint density at radius 1 is 0.889 bits per heavy atom. The topological polar surface area (TPSA) is 107 Å². The summed E-state index contributed by atoms with van der Waals surface area (Å²) in [6.07, 6.45) is 0. The minimum Gasteiger partial charge on any atom is -0.399 e. The maximum atomic E-state index is 10.4. The second-order valence-electron chi connectivity index (χ2n) is 3.53. The van der Waals surface area contributed by atoms with Crippen LogP contribution < -0.4 is 22.5 Å². The van der Waals surface area contributed by atoms with Gasteiger partial charge in [-0.05, 0) is 30.3 Å². The van der Waals surface area contributed by atoms with Crippen LogP contribution in [0.3, 0.4) is 0 Å². The smallest absolute Gasteiger partial charge is 0.316 e. The number of amides is 2. The molecule has 0 aliphatic heterocycles. The van der Waals surface area contributed by atoms with Crippen molar-refractivity contribution in [2.24, 2.45) is 5.73 Å². The van der Waals surface area contributed by atoms with Crippen LogP contribution in [0.2, 0.25) is 0 Å². The van der Waals surface area contributed by atoms with Crippen LogP contribution in [0.15, 0.2) is 54.6 Å². The fraction of sp³-hybridized carbons (Fsp3) is 0. The third kappa shape index (κ3) is 5.41. The Bertz CT molecular complexity index is 499. The fourth-order valence-electron chi connectivity index (χ4n) is 1.21. The number of carbonyl (C=O) groups excluding carboxylic acids is 1. The third-order valence-electron chi connectivity index (χ3n) is 1.95. The van der Waals surface area contributed by atoms with E-state index in [0.29, 0.717) is 11.4 Å². The van der Waals surface area contributed by atoms with Gasteiger partial charge in [0.2, 0.25) is 0 Å². The zero-order valence-electron chi connectivity index (χ0n) is 9.84. The molecule has 0 saturated carbocycles. The van der Waals surface area contributed by atoms with E-state index < -0.39 is 6.03 Å². The average molecular weight is 244 g/mol. The van der Waals surface area contributed by atoms with E-state index in [2.05, 4.69) is 5.32 Å². The van der Waals surface area contributed by atoms with Gasteiger partial charge in [-0.2, -0.15) is 0 Å². The first-order valence-electron chi connectivity index (χ1n) is 5.30. The van der Waals surface area contributed by atoms with Crippen LogP contribution in [0.1, 0.15) is 0 Å². The van der Waals surface area contributed by atoms with Crippen molar-refractivity contribution in [3.63, 3.8) is 0 Å². The molecule has 2 aromatic rings. The summed E-state index contributed by atoms with van der Waals surface area (Å²) in [4.78, 5) is 10.4. The number of hydrogen-bond acceptors (Lipinski definition) is 3. The average Bonchev–Trinajstić information content (AvgIpc) is 2.30. The van der Waals surface area contributed by atoms with Gasteiger partial charge in [-0.15, -0.1) is 0 Å². The lowest BCUT2D eigenvalue weighted by atomic mass is 10.3. The predicted molar refractivity (Wildman–Crippen MR) is 74.9 cm³/mol. The lowest BCUT2D eigenvalue weighted by molar-refractivity contribution is 0.259. The summed E-state index contributed by atoms with van der Waals surface area (Å²) in [5, 5.41) is 2.40.